The number of rotatable bonds is 4. The smallest absolute Gasteiger partial charge is 0.396 e. The van der Waals surface area contributed by atoms with Gasteiger partial charge in [-0.1, -0.05) is 6.92 Å². The SMILES string of the molecule is CCS(=O)(=O)c1c(N(C)CC(F)(F)F)sc(C#N)c1N. The molecule has 112 valence electrons. The summed E-state index contributed by atoms with van der Waals surface area (Å²) in [4.78, 5) is 0.235. The Hall–Kier alpha value is -1.47. The third-order valence-corrected chi connectivity index (χ3v) is 5.59. The van der Waals surface area contributed by atoms with Crippen molar-refractivity contribution in [1.82, 2.24) is 0 Å². The molecular formula is C10H12F3N3O2S2. The molecule has 0 atom stereocenters. The van der Waals surface area contributed by atoms with Gasteiger partial charge in [0.15, 0.2) is 9.84 Å². The van der Waals surface area contributed by atoms with Crippen molar-refractivity contribution in [2.75, 3.05) is 30.0 Å². The maximum absolute atomic E-state index is 12.4. The van der Waals surface area contributed by atoms with E-state index in [1.54, 1.807) is 6.07 Å². The second-order valence-corrected chi connectivity index (χ2v) is 7.18. The second kappa shape index (κ2) is 5.49. The monoisotopic (exact) mass is 327 g/mol. The molecule has 0 aliphatic heterocycles. The van der Waals surface area contributed by atoms with Gasteiger partial charge in [0.1, 0.15) is 27.4 Å². The lowest BCUT2D eigenvalue weighted by Gasteiger charge is -2.20. The summed E-state index contributed by atoms with van der Waals surface area (Å²) < 4.78 is 61.1. The van der Waals surface area contributed by atoms with Gasteiger partial charge in [-0.2, -0.15) is 18.4 Å². The van der Waals surface area contributed by atoms with Crippen molar-refractivity contribution in [3.8, 4) is 6.07 Å². The Balaban J connectivity index is 3.45. The highest BCUT2D eigenvalue weighted by Gasteiger charge is 2.34. The molecule has 0 spiro atoms. The third-order valence-electron chi connectivity index (χ3n) is 2.44. The molecule has 0 amide bonds. The first-order valence-corrected chi connectivity index (χ1v) is 7.83. The summed E-state index contributed by atoms with van der Waals surface area (Å²) in [6.07, 6.45) is -4.49. The van der Waals surface area contributed by atoms with Crippen LogP contribution in [0.15, 0.2) is 4.90 Å². The van der Waals surface area contributed by atoms with E-state index in [1.807, 2.05) is 0 Å². The van der Waals surface area contributed by atoms with E-state index in [-0.39, 0.29) is 21.3 Å². The average Bonchev–Trinajstić information content (AvgIpc) is 2.64. The molecule has 0 unspecified atom stereocenters. The fourth-order valence-corrected chi connectivity index (χ4v) is 4.13. The van der Waals surface area contributed by atoms with Gasteiger partial charge < -0.3 is 10.6 Å². The average molecular weight is 327 g/mol. The van der Waals surface area contributed by atoms with E-state index in [4.69, 9.17) is 11.0 Å². The number of nitrogens with zero attached hydrogens (tertiary/aromatic N) is 2. The molecule has 1 rings (SSSR count). The van der Waals surface area contributed by atoms with Crippen molar-refractivity contribution in [1.29, 1.82) is 5.26 Å². The second-order valence-electron chi connectivity index (χ2n) is 3.97. The van der Waals surface area contributed by atoms with Gasteiger partial charge in [0.25, 0.3) is 0 Å². The molecule has 10 heteroatoms. The van der Waals surface area contributed by atoms with Gasteiger partial charge in [-0.05, 0) is 0 Å². The van der Waals surface area contributed by atoms with Gasteiger partial charge in [0.2, 0.25) is 0 Å². The molecule has 1 aromatic heterocycles. The molecule has 5 nitrogen and oxygen atoms in total. The molecule has 0 saturated heterocycles. The van der Waals surface area contributed by atoms with Crippen LogP contribution in [0.5, 0.6) is 0 Å². The number of hydrogen-bond donors (Lipinski definition) is 1. The van der Waals surface area contributed by atoms with E-state index in [9.17, 15) is 21.6 Å². The number of halogens is 3. The number of alkyl halides is 3. The Morgan fingerprint density at radius 1 is 1.45 bits per heavy atom. The highest BCUT2D eigenvalue weighted by Crippen LogP contribution is 2.41. The number of anilines is 2. The summed E-state index contributed by atoms with van der Waals surface area (Å²) in [6, 6.07) is 1.69. The largest absolute Gasteiger partial charge is 0.405 e. The lowest BCUT2D eigenvalue weighted by molar-refractivity contribution is -0.119. The van der Waals surface area contributed by atoms with Crippen LogP contribution in [0.2, 0.25) is 0 Å². The molecule has 0 aromatic carbocycles. The highest BCUT2D eigenvalue weighted by molar-refractivity contribution is 7.91. The summed E-state index contributed by atoms with van der Waals surface area (Å²) in [7, 11) is -2.72. The number of sulfone groups is 1. The van der Waals surface area contributed by atoms with Gasteiger partial charge in [-0.3, -0.25) is 0 Å². The minimum atomic E-state index is -4.49. The van der Waals surface area contributed by atoms with Crippen molar-refractivity contribution in [2.24, 2.45) is 0 Å². The van der Waals surface area contributed by atoms with E-state index < -0.39 is 27.5 Å². The van der Waals surface area contributed by atoms with Crippen LogP contribution in [0.25, 0.3) is 0 Å². The Bertz CT molecular complexity index is 644. The normalized spacial score (nSPS) is 12.2. The Morgan fingerprint density at radius 3 is 2.40 bits per heavy atom. The van der Waals surface area contributed by atoms with Crippen LogP contribution in [-0.4, -0.2) is 33.9 Å². The molecule has 0 bridgehead atoms. The first-order chi connectivity index (χ1) is 9.03. The molecule has 1 heterocycles. The number of hydrogen-bond acceptors (Lipinski definition) is 6. The first kappa shape index (κ1) is 16.6. The van der Waals surface area contributed by atoms with Crippen molar-refractivity contribution in [2.45, 2.75) is 18.0 Å². The maximum atomic E-state index is 12.4. The van der Waals surface area contributed by atoms with Crippen molar-refractivity contribution >= 4 is 31.9 Å². The molecule has 0 aliphatic rings. The van der Waals surface area contributed by atoms with Crippen LogP contribution < -0.4 is 10.6 Å². The van der Waals surface area contributed by atoms with Gasteiger partial charge in [0.05, 0.1) is 11.4 Å². The van der Waals surface area contributed by atoms with E-state index in [1.165, 1.54) is 6.92 Å². The van der Waals surface area contributed by atoms with Gasteiger partial charge in [0, 0.05) is 7.05 Å². The van der Waals surface area contributed by atoms with E-state index in [0.29, 0.717) is 11.3 Å². The van der Waals surface area contributed by atoms with Crippen molar-refractivity contribution < 1.29 is 21.6 Å². The third kappa shape index (κ3) is 3.34. The highest BCUT2D eigenvalue weighted by atomic mass is 32.2. The zero-order chi connectivity index (χ0) is 15.7. The van der Waals surface area contributed by atoms with Crippen molar-refractivity contribution in [3.63, 3.8) is 0 Å². The predicted octanol–water partition coefficient (Wildman–Crippen LogP) is 1.99. The van der Waals surface area contributed by atoms with E-state index >= 15 is 0 Å². The van der Waals surface area contributed by atoms with Crippen LogP contribution >= 0.6 is 11.3 Å². The summed E-state index contributed by atoms with van der Waals surface area (Å²) in [5, 5.41) is 8.69. The number of nitriles is 1. The van der Waals surface area contributed by atoms with Crippen molar-refractivity contribution in [3.05, 3.63) is 4.88 Å². The molecule has 2 N–H and O–H groups in total. The Kier molecular flexibility index (Phi) is 4.55. The molecule has 0 saturated carbocycles. The van der Waals surface area contributed by atoms with Crippen LogP contribution in [0.3, 0.4) is 0 Å². The molecule has 0 radical (unpaired) electrons. The summed E-state index contributed by atoms with van der Waals surface area (Å²) in [6.45, 7) is 0.0239. The molecule has 0 aliphatic carbocycles. The van der Waals surface area contributed by atoms with Crippen LogP contribution in [0, 0.1) is 11.3 Å². The van der Waals surface area contributed by atoms with Crippen LogP contribution in [0.1, 0.15) is 11.8 Å². The van der Waals surface area contributed by atoms with Crippen LogP contribution in [0.4, 0.5) is 23.9 Å². The number of nitrogens with two attached hydrogens (primary N) is 1. The summed E-state index contributed by atoms with van der Waals surface area (Å²) in [5.74, 6) is -0.314. The quantitative estimate of drug-likeness (QED) is 0.914. The van der Waals surface area contributed by atoms with Crippen LogP contribution in [-0.2, 0) is 9.84 Å². The molecule has 1 aromatic rings. The van der Waals surface area contributed by atoms with Gasteiger partial charge in [-0.15, -0.1) is 11.3 Å². The Morgan fingerprint density at radius 2 is 2.00 bits per heavy atom. The fraction of sp³-hybridized carbons (Fsp3) is 0.500. The minimum absolute atomic E-state index is 0.110. The fourth-order valence-electron chi connectivity index (χ4n) is 1.54. The van der Waals surface area contributed by atoms with E-state index in [0.717, 1.165) is 11.9 Å². The molecule has 0 fully saturated rings. The first-order valence-electron chi connectivity index (χ1n) is 5.36. The summed E-state index contributed by atoms with van der Waals surface area (Å²) >= 11 is 0.638. The lowest BCUT2D eigenvalue weighted by atomic mass is 10.4. The van der Waals surface area contributed by atoms with Gasteiger partial charge in [-0.25, -0.2) is 8.42 Å². The zero-order valence-corrected chi connectivity index (χ0v) is 12.3. The maximum Gasteiger partial charge on any atom is 0.405 e. The predicted molar refractivity (Wildman–Crippen MR) is 70.5 cm³/mol. The standard InChI is InChI=1S/C10H12F3N3O2S2/c1-3-20(17,18)8-7(15)6(4-14)19-9(8)16(2)5-10(11,12)13/h3,5,15H2,1-2H3. The number of thiophene rings is 1. The summed E-state index contributed by atoms with van der Waals surface area (Å²) in [5.41, 5.74) is 5.29. The molecule has 20 heavy (non-hydrogen) atoms. The number of nitrogen functional groups attached to an aromatic ring is 1. The Labute approximate surface area is 118 Å². The van der Waals surface area contributed by atoms with E-state index in [2.05, 4.69) is 0 Å². The zero-order valence-electron chi connectivity index (χ0n) is 10.7. The molecular weight excluding hydrogens is 315 g/mol. The topological polar surface area (TPSA) is 87.2 Å². The minimum Gasteiger partial charge on any atom is -0.396 e. The van der Waals surface area contributed by atoms with Gasteiger partial charge >= 0.3 is 6.18 Å². The lowest BCUT2D eigenvalue weighted by Crippen LogP contribution is -2.31.